The molecule has 4 heteroatoms. The van der Waals surface area contributed by atoms with Crippen LogP contribution < -0.4 is 10.6 Å². The molecule has 1 aromatic heterocycles. The Hall–Kier alpha value is -1.94. The molecule has 0 atom stereocenters. The normalized spacial score (nSPS) is 10.6. The summed E-state index contributed by atoms with van der Waals surface area (Å²) >= 11 is 0. The number of fused-ring (bicyclic) bond motifs is 1. The summed E-state index contributed by atoms with van der Waals surface area (Å²) in [6.07, 6.45) is 2.85. The summed E-state index contributed by atoms with van der Waals surface area (Å²) in [5.74, 6) is -0.0379. The fourth-order valence-corrected chi connectivity index (χ4v) is 1.89. The van der Waals surface area contributed by atoms with Gasteiger partial charge in [-0.15, -0.1) is 0 Å². The predicted molar refractivity (Wildman–Crippen MR) is 77.2 cm³/mol. The van der Waals surface area contributed by atoms with E-state index < -0.39 is 0 Å². The molecule has 0 radical (unpaired) electrons. The Labute approximate surface area is 113 Å². The zero-order valence-electron chi connectivity index (χ0n) is 11.1. The minimum Gasteiger partial charge on any atom is -0.351 e. The van der Waals surface area contributed by atoms with Gasteiger partial charge in [-0.2, -0.15) is 0 Å². The van der Waals surface area contributed by atoms with Crippen LogP contribution in [0.4, 0.5) is 0 Å². The number of carbonyl (C=O) groups is 1. The summed E-state index contributed by atoms with van der Waals surface area (Å²) in [5.41, 5.74) is 1.58. The number of pyridine rings is 1. The van der Waals surface area contributed by atoms with Crippen LogP contribution in [0.5, 0.6) is 0 Å². The van der Waals surface area contributed by atoms with Gasteiger partial charge < -0.3 is 10.6 Å². The van der Waals surface area contributed by atoms with Gasteiger partial charge in [0.25, 0.3) is 5.91 Å². The highest BCUT2D eigenvalue weighted by molar-refractivity contribution is 5.97. The van der Waals surface area contributed by atoms with E-state index in [9.17, 15) is 4.79 Å². The van der Waals surface area contributed by atoms with Crippen LogP contribution in [0.25, 0.3) is 10.9 Å². The maximum Gasteiger partial charge on any atom is 0.251 e. The van der Waals surface area contributed by atoms with Crippen LogP contribution >= 0.6 is 0 Å². The quantitative estimate of drug-likeness (QED) is 0.778. The summed E-state index contributed by atoms with van der Waals surface area (Å²) in [6, 6.07) is 9.39. The molecule has 0 bridgehead atoms. The zero-order valence-corrected chi connectivity index (χ0v) is 11.1. The molecule has 0 aliphatic carbocycles. The first-order chi connectivity index (χ1) is 9.31. The molecule has 0 saturated carbocycles. The van der Waals surface area contributed by atoms with E-state index in [1.54, 1.807) is 6.20 Å². The fourth-order valence-electron chi connectivity index (χ4n) is 1.89. The van der Waals surface area contributed by atoms with E-state index in [4.69, 9.17) is 0 Å². The van der Waals surface area contributed by atoms with Gasteiger partial charge in [-0.3, -0.25) is 9.78 Å². The average Bonchev–Trinajstić information content (AvgIpc) is 2.46. The smallest absolute Gasteiger partial charge is 0.251 e. The van der Waals surface area contributed by atoms with Gasteiger partial charge in [-0.25, -0.2) is 0 Å². The number of aromatic nitrogens is 1. The van der Waals surface area contributed by atoms with Crippen molar-refractivity contribution >= 4 is 16.8 Å². The van der Waals surface area contributed by atoms with Crippen molar-refractivity contribution in [3.63, 3.8) is 0 Å². The molecule has 1 amide bonds. The SMILES string of the molecule is CCCNCCNC(=O)c1ccc2ncccc2c1. The van der Waals surface area contributed by atoms with E-state index >= 15 is 0 Å². The standard InChI is InChI=1S/C15H19N3O/c1-2-7-16-9-10-18-15(19)13-5-6-14-12(11-13)4-3-8-17-14/h3-6,8,11,16H,2,7,9-10H2,1H3,(H,18,19). The van der Waals surface area contributed by atoms with Gasteiger partial charge in [-0.1, -0.05) is 13.0 Å². The Balaban J connectivity index is 1.93. The van der Waals surface area contributed by atoms with E-state index in [-0.39, 0.29) is 5.91 Å². The topological polar surface area (TPSA) is 54.0 Å². The maximum absolute atomic E-state index is 12.0. The lowest BCUT2D eigenvalue weighted by atomic mass is 10.1. The number of hydrogen-bond donors (Lipinski definition) is 2. The summed E-state index contributed by atoms with van der Waals surface area (Å²) in [5, 5.41) is 7.13. The van der Waals surface area contributed by atoms with Gasteiger partial charge in [-0.05, 0) is 37.2 Å². The summed E-state index contributed by atoms with van der Waals surface area (Å²) in [7, 11) is 0. The highest BCUT2D eigenvalue weighted by Crippen LogP contribution is 2.12. The zero-order chi connectivity index (χ0) is 13.5. The number of rotatable bonds is 6. The minimum absolute atomic E-state index is 0.0379. The van der Waals surface area contributed by atoms with Crippen LogP contribution in [0.15, 0.2) is 36.5 Å². The Morgan fingerprint density at radius 1 is 1.21 bits per heavy atom. The Morgan fingerprint density at radius 2 is 2.11 bits per heavy atom. The van der Waals surface area contributed by atoms with Gasteiger partial charge in [0, 0.05) is 30.2 Å². The molecule has 0 aliphatic rings. The molecule has 4 nitrogen and oxygen atoms in total. The molecule has 19 heavy (non-hydrogen) atoms. The van der Waals surface area contributed by atoms with E-state index in [1.807, 2.05) is 30.3 Å². The third-order valence-corrected chi connectivity index (χ3v) is 2.88. The molecule has 0 saturated heterocycles. The van der Waals surface area contributed by atoms with Gasteiger partial charge in [0.2, 0.25) is 0 Å². The van der Waals surface area contributed by atoms with Crippen LogP contribution in [0, 0.1) is 0 Å². The Kier molecular flexibility index (Phi) is 4.86. The third-order valence-electron chi connectivity index (χ3n) is 2.88. The van der Waals surface area contributed by atoms with Crippen molar-refractivity contribution in [2.45, 2.75) is 13.3 Å². The fraction of sp³-hybridized carbons (Fsp3) is 0.333. The molecule has 0 aliphatic heterocycles. The summed E-state index contributed by atoms with van der Waals surface area (Å²) < 4.78 is 0. The number of amides is 1. The molecule has 1 heterocycles. The molecule has 0 spiro atoms. The number of nitrogens with one attached hydrogen (secondary N) is 2. The van der Waals surface area contributed by atoms with E-state index in [0.717, 1.165) is 30.4 Å². The van der Waals surface area contributed by atoms with Crippen LogP contribution in [-0.4, -0.2) is 30.5 Å². The number of benzene rings is 1. The summed E-state index contributed by atoms with van der Waals surface area (Å²) in [4.78, 5) is 16.2. The second-order valence-electron chi connectivity index (χ2n) is 4.42. The first-order valence-corrected chi connectivity index (χ1v) is 6.65. The monoisotopic (exact) mass is 257 g/mol. The number of nitrogens with zero attached hydrogens (tertiary/aromatic N) is 1. The van der Waals surface area contributed by atoms with Gasteiger partial charge in [0.15, 0.2) is 0 Å². The highest BCUT2D eigenvalue weighted by atomic mass is 16.1. The highest BCUT2D eigenvalue weighted by Gasteiger charge is 2.05. The lowest BCUT2D eigenvalue weighted by molar-refractivity contribution is 0.0954. The van der Waals surface area contributed by atoms with Crippen molar-refractivity contribution < 1.29 is 4.79 Å². The van der Waals surface area contributed by atoms with E-state index in [2.05, 4.69) is 22.5 Å². The van der Waals surface area contributed by atoms with Crippen molar-refractivity contribution in [3.8, 4) is 0 Å². The minimum atomic E-state index is -0.0379. The van der Waals surface area contributed by atoms with Crippen molar-refractivity contribution in [2.24, 2.45) is 0 Å². The second-order valence-corrected chi connectivity index (χ2v) is 4.42. The van der Waals surface area contributed by atoms with Crippen molar-refractivity contribution in [2.75, 3.05) is 19.6 Å². The van der Waals surface area contributed by atoms with Gasteiger partial charge in [0.1, 0.15) is 0 Å². The van der Waals surface area contributed by atoms with Crippen LogP contribution in [0.1, 0.15) is 23.7 Å². The maximum atomic E-state index is 12.0. The Bertz CT molecular complexity index is 554. The van der Waals surface area contributed by atoms with E-state index in [0.29, 0.717) is 12.1 Å². The van der Waals surface area contributed by atoms with Crippen molar-refractivity contribution in [3.05, 3.63) is 42.1 Å². The van der Waals surface area contributed by atoms with Gasteiger partial charge >= 0.3 is 0 Å². The molecule has 2 N–H and O–H groups in total. The first-order valence-electron chi connectivity index (χ1n) is 6.65. The van der Waals surface area contributed by atoms with Crippen molar-refractivity contribution in [1.82, 2.24) is 15.6 Å². The third kappa shape index (κ3) is 3.76. The molecule has 1 aromatic carbocycles. The molecular weight excluding hydrogens is 238 g/mol. The van der Waals surface area contributed by atoms with Crippen LogP contribution in [0.3, 0.4) is 0 Å². The lowest BCUT2D eigenvalue weighted by Crippen LogP contribution is -2.32. The number of carbonyl (C=O) groups excluding carboxylic acids is 1. The molecule has 2 aromatic rings. The molecular formula is C15H19N3O. The average molecular weight is 257 g/mol. The van der Waals surface area contributed by atoms with Gasteiger partial charge in [0.05, 0.1) is 5.52 Å². The van der Waals surface area contributed by atoms with Crippen LogP contribution in [0.2, 0.25) is 0 Å². The number of hydrogen-bond acceptors (Lipinski definition) is 3. The molecule has 100 valence electrons. The molecule has 0 fully saturated rings. The van der Waals surface area contributed by atoms with Crippen molar-refractivity contribution in [1.29, 1.82) is 0 Å². The summed E-state index contributed by atoms with van der Waals surface area (Å²) in [6.45, 7) is 4.55. The lowest BCUT2D eigenvalue weighted by Gasteiger charge is -2.06. The Morgan fingerprint density at radius 3 is 2.95 bits per heavy atom. The van der Waals surface area contributed by atoms with E-state index in [1.165, 1.54) is 0 Å². The molecule has 0 unspecified atom stereocenters. The van der Waals surface area contributed by atoms with Crippen LogP contribution in [-0.2, 0) is 0 Å². The second kappa shape index (κ2) is 6.85. The molecule has 2 rings (SSSR count). The largest absolute Gasteiger partial charge is 0.351 e. The first kappa shape index (κ1) is 13.5. The predicted octanol–water partition coefficient (Wildman–Crippen LogP) is 1.96.